The van der Waals surface area contributed by atoms with Crippen LogP contribution < -0.4 is 5.73 Å². The molecule has 0 aliphatic heterocycles. The minimum Gasteiger partial charge on any atom is -0.469 e. The van der Waals surface area contributed by atoms with Gasteiger partial charge in [0.15, 0.2) is 0 Å². The van der Waals surface area contributed by atoms with E-state index in [0.717, 1.165) is 4.90 Å². The number of rotatable bonds is 4. The zero-order valence-electron chi connectivity index (χ0n) is 8.33. The SMILES string of the molecule is COC(=O)CCSc1ccc(N)cc1Cl. The summed E-state index contributed by atoms with van der Waals surface area (Å²) in [4.78, 5) is 11.8. The Hall–Kier alpha value is -0.870. The molecule has 0 aliphatic carbocycles. The number of esters is 1. The Morgan fingerprint density at radius 2 is 2.33 bits per heavy atom. The number of ether oxygens (including phenoxy) is 1. The molecule has 0 heterocycles. The molecule has 82 valence electrons. The van der Waals surface area contributed by atoms with Gasteiger partial charge in [0.05, 0.1) is 18.6 Å². The van der Waals surface area contributed by atoms with Crippen LogP contribution in [0.2, 0.25) is 5.02 Å². The van der Waals surface area contributed by atoms with Crippen molar-refractivity contribution in [3.8, 4) is 0 Å². The van der Waals surface area contributed by atoms with E-state index in [9.17, 15) is 4.79 Å². The predicted octanol–water partition coefficient (Wildman–Crippen LogP) is 2.58. The summed E-state index contributed by atoms with van der Waals surface area (Å²) >= 11 is 7.47. The fraction of sp³-hybridized carbons (Fsp3) is 0.300. The lowest BCUT2D eigenvalue weighted by Crippen LogP contribution is -2.00. The van der Waals surface area contributed by atoms with Crippen molar-refractivity contribution in [1.29, 1.82) is 0 Å². The van der Waals surface area contributed by atoms with Gasteiger partial charge in [-0.1, -0.05) is 11.6 Å². The highest BCUT2D eigenvalue weighted by Crippen LogP contribution is 2.29. The zero-order chi connectivity index (χ0) is 11.3. The van der Waals surface area contributed by atoms with Crippen LogP contribution in [-0.4, -0.2) is 18.8 Å². The number of hydrogen-bond donors (Lipinski definition) is 1. The van der Waals surface area contributed by atoms with Crippen molar-refractivity contribution in [2.24, 2.45) is 0 Å². The van der Waals surface area contributed by atoms with Crippen LogP contribution in [0.5, 0.6) is 0 Å². The van der Waals surface area contributed by atoms with Crippen LogP contribution in [0.15, 0.2) is 23.1 Å². The molecule has 0 bridgehead atoms. The molecular weight excluding hydrogens is 234 g/mol. The normalized spacial score (nSPS) is 10.0. The van der Waals surface area contributed by atoms with E-state index in [4.69, 9.17) is 17.3 Å². The molecule has 0 atom stereocenters. The standard InChI is InChI=1S/C10H12ClNO2S/c1-14-10(13)4-5-15-9-3-2-7(12)6-8(9)11/h2-3,6H,4-5,12H2,1H3. The van der Waals surface area contributed by atoms with Crippen molar-refractivity contribution in [1.82, 2.24) is 0 Å². The van der Waals surface area contributed by atoms with Crippen molar-refractivity contribution in [3.05, 3.63) is 23.2 Å². The number of carbonyl (C=O) groups is 1. The van der Waals surface area contributed by atoms with Gasteiger partial charge < -0.3 is 10.5 Å². The summed E-state index contributed by atoms with van der Waals surface area (Å²) in [5, 5.41) is 0.616. The first-order chi connectivity index (χ1) is 7.13. The molecule has 0 saturated heterocycles. The van der Waals surface area contributed by atoms with Crippen LogP contribution in [0.3, 0.4) is 0 Å². The number of thioether (sulfide) groups is 1. The Morgan fingerprint density at radius 1 is 1.60 bits per heavy atom. The van der Waals surface area contributed by atoms with Crippen LogP contribution in [0, 0.1) is 0 Å². The highest BCUT2D eigenvalue weighted by Gasteiger charge is 2.04. The zero-order valence-corrected chi connectivity index (χ0v) is 9.90. The first-order valence-corrected chi connectivity index (χ1v) is 5.74. The molecule has 2 N–H and O–H groups in total. The van der Waals surface area contributed by atoms with Crippen molar-refractivity contribution < 1.29 is 9.53 Å². The maximum Gasteiger partial charge on any atom is 0.306 e. The lowest BCUT2D eigenvalue weighted by molar-refractivity contribution is -0.140. The fourth-order valence-corrected chi connectivity index (χ4v) is 2.18. The third-order valence-electron chi connectivity index (χ3n) is 1.75. The number of benzene rings is 1. The van der Waals surface area contributed by atoms with Gasteiger partial charge in [0.1, 0.15) is 0 Å². The topological polar surface area (TPSA) is 52.3 Å². The van der Waals surface area contributed by atoms with E-state index in [1.54, 1.807) is 12.1 Å². The second-order valence-corrected chi connectivity index (χ2v) is 4.41. The largest absolute Gasteiger partial charge is 0.469 e. The van der Waals surface area contributed by atoms with Crippen molar-refractivity contribution >= 4 is 35.0 Å². The quantitative estimate of drug-likeness (QED) is 0.503. The third kappa shape index (κ3) is 4.01. The minimum absolute atomic E-state index is 0.214. The molecule has 0 aromatic heterocycles. The molecule has 0 amide bonds. The van der Waals surface area contributed by atoms with Crippen molar-refractivity contribution in [3.63, 3.8) is 0 Å². The lowest BCUT2D eigenvalue weighted by Gasteiger charge is -2.04. The van der Waals surface area contributed by atoms with Crippen LogP contribution in [0.4, 0.5) is 5.69 Å². The molecule has 0 unspecified atom stereocenters. The van der Waals surface area contributed by atoms with Crippen LogP contribution >= 0.6 is 23.4 Å². The Morgan fingerprint density at radius 3 is 2.93 bits per heavy atom. The van der Waals surface area contributed by atoms with Gasteiger partial charge in [-0.15, -0.1) is 11.8 Å². The Labute approximate surface area is 97.9 Å². The highest BCUT2D eigenvalue weighted by molar-refractivity contribution is 7.99. The molecule has 3 nitrogen and oxygen atoms in total. The van der Waals surface area contributed by atoms with E-state index >= 15 is 0 Å². The predicted molar refractivity (Wildman–Crippen MR) is 63.2 cm³/mol. The maximum atomic E-state index is 10.9. The number of nitrogen functional groups attached to an aromatic ring is 1. The second kappa shape index (κ2) is 5.88. The highest BCUT2D eigenvalue weighted by atomic mass is 35.5. The first kappa shape index (κ1) is 12.2. The van der Waals surface area contributed by atoms with Gasteiger partial charge in [-0.25, -0.2) is 0 Å². The summed E-state index contributed by atoms with van der Waals surface area (Å²) in [5.74, 6) is 0.435. The summed E-state index contributed by atoms with van der Waals surface area (Å²) in [6, 6.07) is 5.33. The molecular formula is C10H12ClNO2S. The second-order valence-electron chi connectivity index (χ2n) is 2.86. The first-order valence-electron chi connectivity index (χ1n) is 4.38. The van der Waals surface area contributed by atoms with Crippen LogP contribution in [0.1, 0.15) is 6.42 Å². The molecule has 0 fully saturated rings. The van der Waals surface area contributed by atoms with E-state index in [-0.39, 0.29) is 5.97 Å². The van der Waals surface area contributed by atoms with Gasteiger partial charge in [-0.3, -0.25) is 4.79 Å². The summed E-state index contributed by atoms with van der Waals surface area (Å²) in [7, 11) is 1.38. The minimum atomic E-state index is -0.214. The van der Waals surface area contributed by atoms with E-state index in [0.29, 0.717) is 22.9 Å². The van der Waals surface area contributed by atoms with E-state index in [1.807, 2.05) is 6.07 Å². The van der Waals surface area contributed by atoms with E-state index in [1.165, 1.54) is 18.9 Å². The average Bonchev–Trinajstić information content (AvgIpc) is 2.21. The summed E-state index contributed by atoms with van der Waals surface area (Å²) in [5.41, 5.74) is 6.19. The molecule has 0 radical (unpaired) electrons. The number of nitrogens with two attached hydrogens (primary N) is 1. The molecule has 1 aromatic rings. The summed E-state index contributed by atoms with van der Waals surface area (Å²) < 4.78 is 4.53. The Balaban J connectivity index is 2.47. The van der Waals surface area contributed by atoms with E-state index in [2.05, 4.69) is 4.74 Å². The van der Waals surface area contributed by atoms with Crippen molar-refractivity contribution in [2.75, 3.05) is 18.6 Å². The van der Waals surface area contributed by atoms with Crippen molar-refractivity contribution in [2.45, 2.75) is 11.3 Å². The molecule has 15 heavy (non-hydrogen) atoms. The maximum absolute atomic E-state index is 10.9. The third-order valence-corrected chi connectivity index (χ3v) is 3.25. The summed E-state index contributed by atoms with van der Waals surface area (Å²) in [6.45, 7) is 0. The van der Waals surface area contributed by atoms with Gasteiger partial charge in [-0.05, 0) is 18.2 Å². The molecule has 5 heteroatoms. The Kier molecular flexibility index (Phi) is 4.78. The smallest absolute Gasteiger partial charge is 0.306 e. The van der Waals surface area contributed by atoms with Crippen LogP contribution in [0.25, 0.3) is 0 Å². The molecule has 1 aromatic carbocycles. The number of halogens is 1. The molecule has 0 aliphatic rings. The lowest BCUT2D eigenvalue weighted by atomic mass is 10.3. The van der Waals surface area contributed by atoms with E-state index < -0.39 is 0 Å². The number of anilines is 1. The number of methoxy groups -OCH3 is 1. The number of hydrogen-bond acceptors (Lipinski definition) is 4. The molecule has 0 saturated carbocycles. The van der Waals surface area contributed by atoms with Gasteiger partial charge in [-0.2, -0.15) is 0 Å². The fourth-order valence-electron chi connectivity index (χ4n) is 0.981. The van der Waals surface area contributed by atoms with Gasteiger partial charge in [0, 0.05) is 16.3 Å². The molecule has 0 spiro atoms. The van der Waals surface area contributed by atoms with Gasteiger partial charge >= 0.3 is 5.97 Å². The molecule has 1 rings (SSSR count). The van der Waals surface area contributed by atoms with Gasteiger partial charge in [0.25, 0.3) is 0 Å². The van der Waals surface area contributed by atoms with Gasteiger partial charge in [0.2, 0.25) is 0 Å². The van der Waals surface area contributed by atoms with Crippen LogP contribution in [-0.2, 0) is 9.53 Å². The summed E-state index contributed by atoms with van der Waals surface area (Å²) in [6.07, 6.45) is 0.377. The Bertz CT molecular complexity index is 357. The average molecular weight is 246 g/mol. The number of carbonyl (C=O) groups excluding carboxylic acids is 1. The monoisotopic (exact) mass is 245 g/mol.